The van der Waals surface area contributed by atoms with E-state index in [1.54, 1.807) is 11.3 Å². The second-order valence-electron chi connectivity index (χ2n) is 4.68. The van der Waals surface area contributed by atoms with Crippen LogP contribution in [0.4, 0.5) is 0 Å². The van der Waals surface area contributed by atoms with Crippen LogP contribution in [-0.2, 0) is 6.42 Å². The summed E-state index contributed by atoms with van der Waals surface area (Å²) in [5.41, 5.74) is 4.32. The third-order valence-electron chi connectivity index (χ3n) is 3.36. The number of hydrogen-bond donors (Lipinski definition) is 1. The van der Waals surface area contributed by atoms with Crippen LogP contribution in [0.5, 0.6) is 0 Å². The summed E-state index contributed by atoms with van der Waals surface area (Å²) in [4.78, 5) is 5.69. The van der Waals surface area contributed by atoms with Crippen molar-refractivity contribution in [2.75, 3.05) is 13.6 Å². The predicted octanol–water partition coefficient (Wildman–Crippen LogP) is 4.04. The smallest absolute Gasteiger partial charge is 0.0797 e. The average molecular weight is 295 g/mol. The summed E-state index contributed by atoms with van der Waals surface area (Å²) in [7, 11) is 1.99. The number of likely N-dealkylation sites (N-methyl/N-ethyl adjacent to an activating group) is 1. The van der Waals surface area contributed by atoms with Crippen LogP contribution in [0.3, 0.4) is 0 Å². The second-order valence-corrected chi connectivity index (χ2v) is 6.02. The Bertz CT molecular complexity index is 524. The molecule has 1 atom stereocenters. The first-order chi connectivity index (χ1) is 9.22. The fourth-order valence-corrected chi connectivity index (χ4v) is 3.38. The van der Waals surface area contributed by atoms with Crippen LogP contribution < -0.4 is 5.32 Å². The maximum absolute atomic E-state index is 6.31. The normalized spacial score (nSPS) is 12.6. The van der Waals surface area contributed by atoms with Crippen LogP contribution >= 0.6 is 22.9 Å². The van der Waals surface area contributed by atoms with Gasteiger partial charge in [0, 0.05) is 16.4 Å². The van der Waals surface area contributed by atoms with E-state index in [4.69, 9.17) is 11.6 Å². The van der Waals surface area contributed by atoms with E-state index in [2.05, 4.69) is 29.4 Å². The molecule has 19 heavy (non-hydrogen) atoms. The lowest BCUT2D eigenvalue weighted by Crippen LogP contribution is -2.18. The van der Waals surface area contributed by atoms with E-state index in [1.807, 2.05) is 24.7 Å². The van der Waals surface area contributed by atoms with E-state index < -0.39 is 0 Å². The zero-order chi connectivity index (χ0) is 13.7. The molecule has 0 bridgehead atoms. The minimum atomic E-state index is 0.445. The number of nitrogens with one attached hydrogen (secondary N) is 1. The molecule has 102 valence electrons. The molecule has 0 amide bonds. The molecule has 0 saturated carbocycles. The quantitative estimate of drug-likeness (QED) is 0.870. The van der Waals surface area contributed by atoms with Gasteiger partial charge in [0.15, 0.2) is 0 Å². The first-order valence-corrected chi connectivity index (χ1v) is 7.76. The largest absolute Gasteiger partial charge is 0.319 e. The van der Waals surface area contributed by atoms with E-state index in [0.29, 0.717) is 5.92 Å². The highest BCUT2D eigenvalue weighted by Gasteiger charge is 2.14. The number of aromatic nitrogens is 1. The van der Waals surface area contributed by atoms with Crippen molar-refractivity contribution in [3.63, 3.8) is 0 Å². The molecule has 0 radical (unpaired) electrons. The summed E-state index contributed by atoms with van der Waals surface area (Å²) in [6.45, 7) is 3.02. The maximum atomic E-state index is 6.31. The Morgan fingerprint density at radius 2 is 2.16 bits per heavy atom. The second kappa shape index (κ2) is 7.04. The molecule has 1 N–H and O–H groups in total. The first-order valence-electron chi connectivity index (χ1n) is 6.50. The minimum absolute atomic E-state index is 0.445. The molecular weight excluding hydrogens is 276 g/mol. The van der Waals surface area contributed by atoms with Gasteiger partial charge in [-0.2, -0.15) is 0 Å². The van der Waals surface area contributed by atoms with Crippen LogP contribution in [-0.4, -0.2) is 18.6 Å². The Balaban J connectivity index is 2.09. The number of thiazole rings is 1. The molecular formula is C15H19ClN2S. The number of rotatable bonds is 6. The zero-order valence-corrected chi connectivity index (χ0v) is 12.9. The van der Waals surface area contributed by atoms with Gasteiger partial charge in [0.05, 0.1) is 11.2 Å². The van der Waals surface area contributed by atoms with Crippen molar-refractivity contribution in [3.8, 4) is 0 Å². The van der Waals surface area contributed by atoms with Crippen molar-refractivity contribution in [2.45, 2.75) is 25.7 Å². The fraction of sp³-hybridized carbons (Fsp3) is 0.400. The van der Waals surface area contributed by atoms with Gasteiger partial charge in [-0.1, -0.05) is 29.8 Å². The van der Waals surface area contributed by atoms with Crippen molar-refractivity contribution in [3.05, 3.63) is 50.9 Å². The maximum Gasteiger partial charge on any atom is 0.0797 e. The lowest BCUT2D eigenvalue weighted by molar-refractivity contribution is 0.585. The molecule has 0 spiro atoms. The van der Waals surface area contributed by atoms with Crippen LogP contribution in [0.15, 0.2) is 29.8 Å². The lowest BCUT2D eigenvalue weighted by Gasteiger charge is -2.18. The molecule has 0 fully saturated rings. The van der Waals surface area contributed by atoms with E-state index in [0.717, 1.165) is 30.1 Å². The van der Waals surface area contributed by atoms with Gasteiger partial charge in [-0.25, -0.2) is 4.98 Å². The molecule has 0 aliphatic rings. The van der Waals surface area contributed by atoms with Gasteiger partial charge >= 0.3 is 0 Å². The first kappa shape index (κ1) is 14.5. The Morgan fingerprint density at radius 3 is 2.79 bits per heavy atom. The topological polar surface area (TPSA) is 24.9 Å². The van der Waals surface area contributed by atoms with Crippen molar-refractivity contribution in [1.29, 1.82) is 0 Å². The summed E-state index contributed by atoms with van der Waals surface area (Å²) in [5.74, 6) is 0.445. The average Bonchev–Trinajstić information content (AvgIpc) is 2.81. The monoisotopic (exact) mass is 294 g/mol. The van der Waals surface area contributed by atoms with Crippen molar-refractivity contribution >= 4 is 22.9 Å². The molecule has 2 nitrogen and oxygen atoms in total. The highest BCUT2D eigenvalue weighted by atomic mass is 35.5. The Kier molecular flexibility index (Phi) is 5.37. The van der Waals surface area contributed by atoms with Crippen LogP contribution in [0.25, 0.3) is 0 Å². The molecule has 1 aromatic carbocycles. The Morgan fingerprint density at radius 1 is 1.37 bits per heavy atom. The molecule has 1 unspecified atom stereocenters. The third kappa shape index (κ3) is 3.78. The summed E-state index contributed by atoms with van der Waals surface area (Å²) in [5, 5.41) is 4.13. The van der Waals surface area contributed by atoms with E-state index >= 15 is 0 Å². The Labute approximate surface area is 123 Å². The summed E-state index contributed by atoms with van der Waals surface area (Å²) in [6, 6.07) is 8.14. The zero-order valence-electron chi connectivity index (χ0n) is 11.3. The molecule has 4 heteroatoms. The standard InChI is InChI=1S/C15H19ClN2S/c1-11-15(19-10-18-11)8-7-12(9-17-2)13-5-3-4-6-14(13)16/h3-6,10,12,17H,7-9H2,1-2H3. The third-order valence-corrected chi connectivity index (χ3v) is 4.70. The van der Waals surface area contributed by atoms with E-state index in [1.165, 1.54) is 10.4 Å². The number of benzene rings is 1. The molecule has 2 rings (SSSR count). The molecule has 1 aromatic heterocycles. The van der Waals surface area contributed by atoms with Gasteiger partial charge < -0.3 is 5.32 Å². The molecule has 0 aliphatic heterocycles. The molecule has 1 heterocycles. The number of hydrogen-bond acceptors (Lipinski definition) is 3. The minimum Gasteiger partial charge on any atom is -0.319 e. The lowest BCUT2D eigenvalue weighted by atomic mass is 9.93. The van der Waals surface area contributed by atoms with Gasteiger partial charge in [0.25, 0.3) is 0 Å². The van der Waals surface area contributed by atoms with Gasteiger partial charge in [-0.05, 0) is 44.4 Å². The fourth-order valence-electron chi connectivity index (χ4n) is 2.29. The highest BCUT2D eigenvalue weighted by Crippen LogP contribution is 2.28. The van der Waals surface area contributed by atoms with Gasteiger partial charge in [0.2, 0.25) is 0 Å². The molecule has 0 saturated heterocycles. The number of aryl methyl sites for hydroxylation is 2. The van der Waals surface area contributed by atoms with E-state index in [9.17, 15) is 0 Å². The van der Waals surface area contributed by atoms with Crippen LogP contribution in [0, 0.1) is 6.92 Å². The van der Waals surface area contributed by atoms with Crippen LogP contribution in [0.2, 0.25) is 5.02 Å². The van der Waals surface area contributed by atoms with Gasteiger partial charge in [-0.15, -0.1) is 11.3 Å². The highest BCUT2D eigenvalue weighted by molar-refractivity contribution is 7.09. The summed E-state index contributed by atoms with van der Waals surface area (Å²) in [6.07, 6.45) is 2.15. The summed E-state index contributed by atoms with van der Waals surface area (Å²) >= 11 is 8.05. The van der Waals surface area contributed by atoms with Crippen molar-refractivity contribution < 1.29 is 0 Å². The molecule has 0 aliphatic carbocycles. The summed E-state index contributed by atoms with van der Waals surface area (Å²) < 4.78 is 0. The number of halogens is 1. The van der Waals surface area contributed by atoms with Crippen molar-refractivity contribution in [2.24, 2.45) is 0 Å². The molecule has 2 aromatic rings. The SMILES string of the molecule is CNCC(CCc1scnc1C)c1ccccc1Cl. The van der Waals surface area contributed by atoms with Crippen LogP contribution in [0.1, 0.15) is 28.5 Å². The van der Waals surface area contributed by atoms with Crippen molar-refractivity contribution in [1.82, 2.24) is 10.3 Å². The Hall–Kier alpha value is -0.900. The van der Waals surface area contributed by atoms with Gasteiger partial charge in [0.1, 0.15) is 0 Å². The predicted molar refractivity (Wildman–Crippen MR) is 83.3 cm³/mol. The van der Waals surface area contributed by atoms with E-state index in [-0.39, 0.29) is 0 Å². The van der Waals surface area contributed by atoms with Gasteiger partial charge in [-0.3, -0.25) is 0 Å². The number of nitrogens with zero attached hydrogens (tertiary/aromatic N) is 1.